The summed E-state index contributed by atoms with van der Waals surface area (Å²) in [5.41, 5.74) is 8.73. The molecule has 1 aromatic carbocycles. The van der Waals surface area contributed by atoms with Crippen LogP contribution in [0.15, 0.2) is 18.2 Å². The summed E-state index contributed by atoms with van der Waals surface area (Å²) in [5, 5.41) is 2.70. The van der Waals surface area contributed by atoms with Gasteiger partial charge in [-0.1, -0.05) is 18.2 Å². The number of hydrogen-bond acceptors (Lipinski definition) is 3. The molecule has 0 aliphatic carbocycles. The molecule has 1 fully saturated rings. The summed E-state index contributed by atoms with van der Waals surface area (Å²) in [4.78, 5) is 23.6. The van der Waals surface area contributed by atoms with Crippen LogP contribution in [0.4, 0.5) is 0 Å². The Labute approximate surface area is 124 Å². The lowest BCUT2D eigenvalue weighted by atomic mass is 10.0. The third-order valence-electron chi connectivity index (χ3n) is 3.89. The molecule has 1 aliphatic heterocycles. The Hall–Kier alpha value is -1.88. The zero-order chi connectivity index (χ0) is 15.4. The van der Waals surface area contributed by atoms with Gasteiger partial charge in [-0.05, 0) is 43.4 Å². The second-order valence-corrected chi connectivity index (χ2v) is 5.59. The second-order valence-electron chi connectivity index (χ2n) is 5.59. The molecule has 2 rings (SSSR count). The normalized spacial score (nSPS) is 19.2. The monoisotopic (exact) mass is 290 g/mol. The number of carbonyl (C=O) groups is 2. The number of aryl methyl sites for hydroxylation is 2. The van der Waals surface area contributed by atoms with E-state index in [0.717, 1.165) is 17.5 Å². The zero-order valence-electron chi connectivity index (χ0n) is 12.5. The van der Waals surface area contributed by atoms with Crippen LogP contribution in [0.2, 0.25) is 0 Å². The van der Waals surface area contributed by atoms with Crippen LogP contribution in [0.3, 0.4) is 0 Å². The quantitative estimate of drug-likeness (QED) is 0.848. The van der Waals surface area contributed by atoms with Crippen LogP contribution in [-0.4, -0.2) is 30.6 Å². The third kappa shape index (κ3) is 4.04. The van der Waals surface area contributed by atoms with Crippen molar-refractivity contribution in [1.29, 1.82) is 0 Å². The summed E-state index contributed by atoms with van der Waals surface area (Å²) in [7, 11) is 0. The van der Waals surface area contributed by atoms with Crippen LogP contribution in [0.1, 0.15) is 29.5 Å². The van der Waals surface area contributed by atoms with E-state index in [9.17, 15) is 9.59 Å². The van der Waals surface area contributed by atoms with E-state index in [4.69, 9.17) is 10.5 Å². The average molecular weight is 290 g/mol. The number of rotatable bonds is 5. The Morgan fingerprint density at radius 1 is 1.38 bits per heavy atom. The fraction of sp³-hybridized carbons (Fsp3) is 0.500. The van der Waals surface area contributed by atoms with Crippen LogP contribution in [0.25, 0.3) is 0 Å². The van der Waals surface area contributed by atoms with E-state index in [0.29, 0.717) is 19.4 Å². The SMILES string of the molecule is Cc1ccc(C[C@H](NC(=O)[C@H]2CCCO2)C(N)=O)cc1C. The molecule has 2 atom stereocenters. The summed E-state index contributed by atoms with van der Waals surface area (Å²) in [6.07, 6.45) is 1.51. The molecule has 0 radical (unpaired) electrons. The maximum atomic E-state index is 12.0. The van der Waals surface area contributed by atoms with Gasteiger partial charge in [-0.2, -0.15) is 0 Å². The van der Waals surface area contributed by atoms with Gasteiger partial charge in [0.1, 0.15) is 12.1 Å². The van der Waals surface area contributed by atoms with Gasteiger partial charge in [-0.3, -0.25) is 9.59 Å². The second kappa shape index (κ2) is 6.72. The Kier molecular flexibility index (Phi) is 4.96. The predicted octanol–water partition coefficient (Wildman–Crippen LogP) is 0.995. The van der Waals surface area contributed by atoms with Gasteiger partial charge >= 0.3 is 0 Å². The fourth-order valence-electron chi connectivity index (χ4n) is 2.44. The van der Waals surface area contributed by atoms with Crippen LogP contribution in [0, 0.1) is 13.8 Å². The smallest absolute Gasteiger partial charge is 0.249 e. The van der Waals surface area contributed by atoms with Crippen LogP contribution >= 0.6 is 0 Å². The van der Waals surface area contributed by atoms with Gasteiger partial charge in [0.25, 0.3) is 0 Å². The third-order valence-corrected chi connectivity index (χ3v) is 3.89. The van der Waals surface area contributed by atoms with Gasteiger partial charge in [-0.25, -0.2) is 0 Å². The lowest BCUT2D eigenvalue weighted by Gasteiger charge is -2.18. The van der Waals surface area contributed by atoms with Crippen molar-refractivity contribution < 1.29 is 14.3 Å². The first-order valence-corrected chi connectivity index (χ1v) is 7.25. The number of nitrogens with one attached hydrogen (secondary N) is 1. The van der Waals surface area contributed by atoms with Crippen molar-refractivity contribution in [3.63, 3.8) is 0 Å². The molecule has 0 saturated carbocycles. The van der Waals surface area contributed by atoms with E-state index in [-0.39, 0.29) is 5.91 Å². The minimum absolute atomic E-state index is 0.250. The molecule has 5 heteroatoms. The maximum absolute atomic E-state index is 12.0. The van der Waals surface area contributed by atoms with Crippen molar-refractivity contribution in [2.45, 2.75) is 45.3 Å². The first-order chi connectivity index (χ1) is 9.97. The van der Waals surface area contributed by atoms with E-state index in [1.807, 2.05) is 32.0 Å². The van der Waals surface area contributed by atoms with Gasteiger partial charge in [-0.15, -0.1) is 0 Å². The topological polar surface area (TPSA) is 81.4 Å². The molecule has 114 valence electrons. The molecule has 0 unspecified atom stereocenters. The average Bonchev–Trinajstić information content (AvgIpc) is 2.96. The highest BCUT2D eigenvalue weighted by Crippen LogP contribution is 2.14. The number of amides is 2. The Morgan fingerprint density at radius 3 is 2.71 bits per heavy atom. The van der Waals surface area contributed by atoms with E-state index < -0.39 is 18.1 Å². The number of carbonyl (C=O) groups excluding carboxylic acids is 2. The molecular weight excluding hydrogens is 268 g/mol. The van der Waals surface area contributed by atoms with Gasteiger partial charge in [0.15, 0.2) is 0 Å². The van der Waals surface area contributed by atoms with E-state index in [1.165, 1.54) is 5.56 Å². The summed E-state index contributed by atoms with van der Waals surface area (Å²) in [5.74, 6) is -0.778. The molecule has 3 N–H and O–H groups in total. The van der Waals surface area contributed by atoms with Crippen molar-refractivity contribution in [3.8, 4) is 0 Å². The standard InChI is InChI=1S/C16H22N2O3/c1-10-5-6-12(8-11(10)2)9-13(15(17)19)18-16(20)14-4-3-7-21-14/h5-6,8,13-14H,3-4,7,9H2,1-2H3,(H2,17,19)(H,18,20)/t13-,14+/m0/s1. The fourth-order valence-corrected chi connectivity index (χ4v) is 2.44. The molecule has 5 nitrogen and oxygen atoms in total. The molecule has 21 heavy (non-hydrogen) atoms. The number of ether oxygens (including phenoxy) is 1. The van der Waals surface area contributed by atoms with Crippen molar-refractivity contribution >= 4 is 11.8 Å². The van der Waals surface area contributed by atoms with E-state index in [1.54, 1.807) is 0 Å². The summed E-state index contributed by atoms with van der Waals surface area (Å²) < 4.78 is 5.32. The molecule has 0 bridgehead atoms. The maximum Gasteiger partial charge on any atom is 0.249 e. The number of primary amides is 1. The zero-order valence-corrected chi connectivity index (χ0v) is 12.5. The Balaban J connectivity index is 2.03. The number of hydrogen-bond donors (Lipinski definition) is 2. The predicted molar refractivity (Wildman–Crippen MR) is 79.7 cm³/mol. The van der Waals surface area contributed by atoms with Crippen LogP contribution in [-0.2, 0) is 20.7 Å². The molecule has 1 aliphatic rings. The molecule has 1 aromatic rings. The highest BCUT2D eigenvalue weighted by molar-refractivity contribution is 5.88. The van der Waals surface area contributed by atoms with Crippen LogP contribution < -0.4 is 11.1 Å². The lowest BCUT2D eigenvalue weighted by molar-refractivity contribution is -0.133. The van der Waals surface area contributed by atoms with E-state index in [2.05, 4.69) is 5.32 Å². The Morgan fingerprint density at radius 2 is 2.14 bits per heavy atom. The van der Waals surface area contributed by atoms with E-state index >= 15 is 0 Å². The van der Waals surface area contributed by atoms with Crippen molar-refractivity contribution in [2.75, 3.05) is 6.61 Å². The van der Waals surface area contributed by atoms with Gasteiger partial charge in [0.05, 0.1) is 0 Å². The van der Waals surface area contributed by atoms with Crippen molar-refractivity contribution in [3.05, 3.63) is 34.9 Å². The van der Waals surface area contributed by atoms with Crippen molar-refractivity contribution in [1.82, 2.24) is 5.32 Å². The lowest BCUT2D eigenvalue weighted by Crippen LogP contribution is -2.49. The van der Waals surface area contributed by atoms with Crippen molar-refractivity contribution in [2.24, 2.45) is 5.73 Å². The summed E-state index contributed by atoms with van der Waals surface area (Å²) >= 11 is 0. The molecule has 0 spiro atoms. The first kappa shape index (κ1) is 15.5. The highest BCUT2D eigenvalue weighted by Gasteiger charge is 2.27. The molecule has 1 heterocycles. The van der Waals surface area contributed by atoms with Crippen LogP contribution in [0.5, 0.6) is 0 Å². The highest BCUT2D eigenvalue weighted by atomic mass is 16.5. The molecule has 2 amide bonds. The molecule has 0 aromatic heterocycles. The summed E-state index contributed by atoms with van der Waals surface area (Å²) in [6.45, 7) is 4.64. The van der Waals surface area contributed by atoms with Gasteiger partial charge in [0.2, 0.25) is 11.8 Å². The molecule has 1 saturated heterocycles. The largest absolute Gasteiger partial charge is 0.368 e. The number of benzene rings is 1. The first-order valence-electron chi connectivity index (χ1n) is 7.25. The summed E-state index contributed by atoms with van der Waals surface area (Å²) in [6, 6.07) is 5.27. The number of nitrogens with two attached hydrogens (primary N) is 1. The minimum Gasteiger partial charge on any atom is -0.368 e. The Bertz CT molecular complexity index is 536. The van der Waals surface area contributed by atoms with Gasteiger partial charge < -0.3 is 15.8 Å². The van der Waals surface area contributed by atoms with Gasteiger partial charge in [0, 0.05) is 13.0 Å². The minimum atomic E-state index is -0.705. The molecular formula is C16H22N2O3.